The van der Waals surface area contributed by atoms with Gasteiger partial charge in [-0.25, -0.2) is 13.8 Å². The summed E-state index contributed by atoms with van der Waals surface area (Å²) in [6, 6.07) is 10.6. The van der Waals surface area contributed by atoms with Gasteiger partial charge in [-0.15, -0.1) is 0 Å². The molecule has 1 aliphatic heterocycles. The molecule has 0 saturated heterocycles. The van der Waals surface area contributed by atoms with E-state index in [9.17, 15) is 18.4 Å². The number of carbonyl (C=O) groups is 2. The summed E-state index contributed by atoms with van der Waals surface area (Å²) in [7, 11) is 0. The van der Waals surface area contributed by atoms with E-state index >= 15 is 0 Å². The highest BCUT2D eigenvalue weighted by molar-refractivity contribution is 6.00. The van der Waals surface area contributed by atoms with Crippen molar-refractivity contribution in [2.45, 2.75) is 31.8 Å². The second-order valence-electron chi connectivity index (χ2n) is 8.06. The van der Waals surface area contributed by atoms with Crippen LogP contribution in [0.4, 0.5) is 8.78 Å². The molecule has 0 radical (unpaired) electrons. The maximum absolute atomic E-state index is 14.5. The van der Waals surface area contributed by atoms with Crippen LogP contribution in [0, 0.1) is 11.6 Å². The van der Waals surface area contributed by atoms with Crippen LogP contribution in [-0.2, 0) is 13.1 Å². The second-order valence-corrected chi connectivity index (χ2v) is 8.06. The Hall–Kier alpha value is -3.81. The summed E-state index contributed by atoms with van der Waals surface area (Å²) in [5.41, 5.74) is 7.31. The topological polar surface area (TPSA) is 85.5 Å². The molecule has 1 saturated carbocycles. The second kappa shape index (κ2) is 7.71. The van der Waals surface area contributed by atoms with Crippen LogP contribution in [0.2, 0.25) is 0 Å². The maximum atomic E-state index is 14.5. The van der Waals surface area contributed by atoms with Gasteiger partial charge >= 0.3 is 0 Å². The highest BCUT2D eigenvalue weighted by Gasteiger charge is 2.32. The minimum absolute atomic E-state index is 0.00524. The molecule has 2 aliphatic rings. The molecule has 5 rings (SSSR count). The monoisotopic (exact) mass is 435 g/mol. The van der Waals surface area contributed by atoms with Crippen LogP contribution >= 0.6 is 0 Å². The van der Waals surface area contributed by atoms with Crippen LogP contribution in [-0.4, -0.2) is 21.7 Å². The van der Waals surface area contributed by atoms with Gasteiger partial charge in [0.05, 0.1) is 5.56 Å². The summed E-state index contributed by atoms with van der Waals surface area (Å²) in [5, 5.41) is 0. The van der Waals surface area contributed by atoms with Crippen molar-refractivity contribution in [1.82, 2.24) is 9.88 Å². The van der Waals surface area contributed by atoms with Crippen molar-refractivity contribution in [2.24, 2.45) is 5.73 Å². The number of fused-ring (bicyclic) bond motifs is 1. The third-order valence-electron chi connectivity index (χ3n) is 5.75. The van der Waals surface area contributed by atoms with E-state index in [1.165, 1.54) is 29.3 Å². The molecule has 0 atom stereocenters. The zero-order valence-corrected chi connectivity index (χ0v) is 17.0. The SMILES string of the molecule is NC(=O)c1ccc(CN2Cc3ccnc(Oc4ccc(C5CC5)cc4F)c3C2=O)cc1F. The van der Waals surface area contributed by atoms with Crippen LogP contribution in [0.5, 0.6) is 11.6 Å². The quantitative estimate of drug-likeness (QED) is 0.626. The smallest absolute Gasteiger partial charge is 0.260 e. The molecule has 0 bridgehead atoms. The summed E-state index contributed by atoms with van der Waals surface area (Å²) in [4.78, 5) is 29.9. The van der Waals surface area contributed by atoms with Crippen molar-refractivity contribution in [3.63, 3.8) is 0 Å². The molecule has 3 aromatic rings. The van der Waals surface area contributed by atoms with Crippen LogP contribution in [0.15, 0.2) is 48.7 Å². The average molecular weight is 435 g/mol. The number of hydrogen-bond acceptors (Lipinski definition) is 4. The Labute approximate surface area is 182 Å². The summed E-state index contributed by atoms with van der Waals surface area (Å²) in [5.74, 6) is -2.00. The van der Waals surface area contributed by atoms with Crippen molar-refractivity contribution in [2.75, 3.05) is 0 Å². The van der Waals surface area contributed by atoms with Gasteiger partial charge in [-0.3, -0.25) is 9.59 Å². The predicted octanol–water partition coefficient (Wildman–Crippen LogP) is 4.28. The van der Waals surface area contributed by atoms with Crippen molar-refractivity contribution >= 4 is 11.8 Å². The molecule has 0 unspecified atom stereocenters. The summed E-state index contributed by atoms with van der Waals surface area (Å²) >= 11 is 0. The third kappa shape index (κ3) is 3.68. The van der Waals surface area contributed by atoms with Gasteiger partial charge in [0.2, 0.25) is 5.88 Å². The molecule has 162 valence electrons. The summed E-state index contributed by atoms with van der Waals surface area (Å²) in [6.45, 7) is 0.392. The van der Waals surface area contributed by atoms with Gasteiger partial charge in [0.1, 0.15) is 11.4 Å². The largest absolute Gasteiger partial charge is 0.435 e. The molecule has 2 amide bonds. The number of hydrogen-bond donors (Lipinski definition) is 1. The van der Waals surface area contributed by atoms with Crippen LogP contribution < -0.4 is 10.5 Å². The Morgan fingerprint density at radius 2 is 1.94 bits per heavy atom. The van der Waals surface area contributed by atoms with Crippen molar-refractivity contribution in [3.05, 3.63) is 88.1 Å². The summed E-state index contributed by atoms with van der Waals surface area (Å²) in [6.07, 6.45) is 3.63. The van der Waals surface area contributed by atoms with Gasteiger partial charge in [0, 0.05) is 19.3 Å². The number of pyridine rings is 1. The fraction of sp³-hybridized carbons (Fsp3) is 0.208. The number of ether oxygens (including phenoxy) is 1. The molecule has 2 aromatic carbocycles. The van der Waals surface area contributed by atoms with E-state index in [0.29, 0.717) is 17.0 Å². The lowest BCUT2D eigenvalue weighted by atomic mass is 10.1. The first-order valence-electron chi connectivity index (χ1n) is 10.2. The van der Waals surface area contributed by atoms with E-state index in [-0.39, 0.29) is 41.8 Å². The lowest BCUT2D eigenvalue weighted by Gasteiger charge is -2.16. The average Bonchev–Trinajstić information content (AvgIpc) is 3.55. The van der Waals surface area contributed by atoms with Crippen molar-refractivity contribution < 1.29 is 23.1 Å². The lowest BCUT2D eigenvalue weighted by Crippen LogP contribution is -2.24. The first kappa shape index (κ1) is 20.1. The number of primary amides is 1. The third-order valence-corrected chi connectivity index (χ3v) is 5.75. The number of carbonyl (C=O) groups excluding carboxylic acids is 2. The normalized spacial score (nSPS) is 15.1. The fourth-order valence-corrected chi connectivity index (χ4v) is 3.93. The van der Waals surface area contributed by atoms with E-state index < -0.39 is 17.5 Å². The van der Waals surface area contributed by atoms with Gasteiger partial charge in [-0.1, -0.05) is 12.1 Å². The molecule has 0 spiro atoms. The number of nitrogens with zero attached hydrogens (tertiary/aromatic N) is 2. The van der Waals surface area contributed by atoms with Gasteiger partial charge in [-0.05, 0) is 65.8 Å². The molecule has 2 N–H and O–H groups in total. The molecule has 2 heterocycles. The first-order valence-corrected chi connectivity index (χ1v) is 10.2. The highest BCUT2D eigenvalue weighted by Crippen LogP contribution is 2.41. The standard InChI is InChI=1S/C24H19F2N3O3/c25-18-9-13(1-5-17(18)22(27)30)11-29-12-16-7-8-28-23(21(16)24(29)31)32-20-6-4-15(10-19(20)26)14-2-3-14/h1,4-10,14H,2-3,11-12H2,(H2,27,30). The van der Waals surface area contributed by atoms with E-state index in [4.69, 9.17) is 10.5 Å². The van der Waals surface area contributed by atoms with Crippen LogP contribution in [0.25, 0.3) is 0 Å². The fourth-order valence-electron chi connectivity index (χ4n) is 3.93. The molecule has 8 heteroatoms. The van der Waals surface area contributed by atoms with Gasteiger partial charge < -0.3 is 15.4 Å². The van der Waals surface area contributed by atoms with Gasteiger partial charge in [0.25, 0.3) is 11.8 Å². The number of nitrogens with two attached hydrogens (primary N) is 1. The first-order chi connectivity index (χ1) is 15.4. The molecule has 1 aliphatic carbocycles. The molecular formula is C24H19F2N3O3. The Balaban J connectivity index is 1.37. The Morgan fingerprint density at radius 1 is 1.12 bits per heavy atom. The minimum atomic E-state index is -0.857. The molecular weight excluding hydrogens is 416 g/mol. The minimum Gasteiger partial charge on any atom is -0.435 e. The molecule has 1 aromatic heterocycles. The van der Waals surface area contributed by atoms with Crippen molar-refractivity contribution in [1.29, 1.82) is 0 Å². The zero-order chi connectivity index (χ0) is 22.4. The van der Waals surface area contributed by atoms with Crippen LogP contribution in [0.1, 0.15) is 56.2 Å². The molecule has 6 nitrogen and oxygen atoms in total. The number of halogens is 2. The molecule has 32 heavy (non-hydrogen) atoms. The Bertz CT molecular complexity index is 1260. The maximum Gasteiger partial charge on any atom is 0.260 e. The summed E-state index contributed by atoms with van der Waals surface area (Å²) < 4.78 is 34.3. The van der Waals surface area contributed by atoms with Gasteiger partial charge in [-0.2, -0.15) is 0 Å². The number of aromatic nitrogens is 1. The van der Waals surface area contributed by atoms with E-state index in [1.807, 2.05) is 6.07 Å². The number of rotatable bonds is 6. The van der Waals surface area contributed by atoms with E-state index in [0.717, 1.165) is 18.4 Å². The molecule has 1 fully saturated rings. The number of amides is 2. The van der Waals surface area contributed by atoms with Crippen molar-refractivity contribution in [3.8, 4) is 11.6 Å². The lowest BCUT2D eigenvalue weighted by molar-refractivity contribution is 0.0763. The number of benzene rings is 2. The zero-order valence-electron chi connectivity index (χ0n) is 17.0. The predicted molar refractivity (Wildman–Crippen MR) is 111 cm³/mol. The van der Waals surface area contributed by atoms with Crippen LogP contribution in [0.3, 0.4) is 0 Å². The van der Waals surface area contributed by atoms with E-state index in [2.05, 4.69) is 4.98 Å². The highest BCUT2D eigenvalue weighted by atomic mass is 19.1. The van der Waals surface area contributed by atoms with Gasteiger partial charge in [0.15, 0.2) is 11.6 Å². The Kier molecular flexibility index (Phi) is 4.84. The Morgan fingerprint density at radius 3 is 2.62 bits per heavy atom. The van der Waals surface area contributed by atoms with E-state index in [1.54, 1.807) is 18.2 Å².